The molecule has 15 nitrogen and oxygen atoms in total. The summed E-state index contributed by atoms with van der Waals surface area (Å²) in [5.41, 5.74) is 6.97. The van der Waals surface area contributed by atoms with Crippen molar-refractivity contribution in [2.45, 2.75) is 32.8 Å². The minimum Gasteiger partial charge on any atom is -0.497 e. The number of nitrogens with zero attached hydrogens (tertiary/aromatic N) is 3. The van der Waals surface area contributed by atoms with Crippen molar-refractivity contribution in [3.8, 4) is 5.75 Å². The lowest BCUT2D eigenvalue weighted by Gasteiger charge is -2.25. The summed E-state index contributed by atoms with van der Waals surface area (Å²) in [7, 11) is 1.58. The molecule has 6 aromatic carbocycles. The molecule has 2 unspecified atom stereocenters. The van der Waals surface area contributed by atoms with E-state index in [1.54, 1.807) is 56.5 Å². The van der Waals surface area contributed by atoms with Crippen LogP contribution in [0.1, 0.15) is 43.4 Å². The van der Waals surface area contributed by atoms with Gasteiger partial charge in [-0.2, -0.15) is 0 Å². The fraction of sp³-hybridized carbons (Fsp3) is 0.169. The van der Waals surface area contributed by atoms with E-state index in [-0.39, 0.29) is 46.5 Å². The highest BCUT2D eigenvalue weighted by Gasteiger charge is 2.41. The van der Waals surface area contributed by atoms with Gasteiger partial charge in [0.05, 0.1) is 19.8 Å². The van der Waals surface area contributed by atoms with Gasteiger partial charge in [0.1, 0.15) is 22.7 Å². The molecular formula is C59H49N3O12S. The molecule has 4 saturated heterocycles. The molecule has 0 aliphatic carbocycles. The number of methoxy groups -OCH3 is 1. The van der Waals surface area contributed by atoms with Gasteiger partial charge in [-0.3, -0.25) is 19.2 Å². The first-order valence-corrected chi connectivity index (χ1v) is 24.5. The zero-order valence-electron chi connectivity index (χ0n) is 41.0. The number of ketones is 2. The van der Waals surface area contributed by atoms with E-state index in [2.05, 4.69) is 29.2 Å². The van der Waals surface area contributed by atoms with E-state index in [0.717, 1.165) is 84.1 Å². The number of allylic oxidation sites excluding steroid dienone is 1. The highest BCUT2D eigenvalue weighted by Crippen LogP contribution is 2.35. The van der Waals surface area contributed by atoms with Crippen molar-refractivity contribution in [2.24, 2.45) is 5.92 Å². The number of hydrogen-bond donors (Lipinski definition) is 0. The second kappa shape index (κ2) is 22.8. The van der Waals surface area contributed by atoms with E-state index in [0.29, 0.717) is 13.2 Å². The molecule has 4 aliphatic rings. The van der Waals surface area contributed by atoms with Crippen LogP contribution >= 0.6 is 12.2 Å². The summed E-state index contributed by atoms with van der Waals surface area (Å²) in [6, 6.07) is 48.5. The number of likely N-dealkylation sites (N-methyl/N-ethyl adjacent to an activating group) is 1. The normalized spacial score (nSPS) is 18.8. The van der Waals surface area contributed by atoms with Crippen LogP contribution in [0.5, 0.6) is 5.75 Å². The molecule has 4 fully saturated rings. The number of amides is 4. The fourth-order valence-electron chi connectivity index (χ4n) is 8.65. The average Bonchev–Trinajstić information content (AvgIpc) is 4.25. The van der Waals surface area contributed by atoms with Crippen LogP contribution in [0.4, 0.5) is 26.7 Å². The van der Waals surface area contributed by atoms with Crippen molar-refractivity contribution in [3.63, 3.8) is 0 Å². The van der Waals surface area contributed by atoms with Crippen molar-refractivity contribution in [3.05, 3.63) is 186 Å². The van der Waals surface area contributed by atoms with Gasteiger partial charge >= 0.3 is 12.2 Å². The van der Waals surface area contributed by atoms with E-state index < -0.39 is 29.9 Å². The monoisotopic (exact) mass is 1020 g/mol. The van der Waals surface area contributed by atoms with Crippen LogP contribution in [0, 0.1) is 5.92 Å². The molecule has 7 aromatic rings. The molecule has 2 atom stereocenters. The maximum atomic E-state index is 12.7. The molecule has 75 heavy (non-hydrogen) atoms. The van der Waals surface area contributed by atoms with Crippen LogP contribution in [0.25, 0.3) is 40.2 Å². The standard InChI is InChI=1S/C27H24N2O4.C18H13NO4.C14H12O4S/c30-26-25(33-27(31)28(26)19-24-12-7-17-32-24)18-20-13-15-23(16-14-20)29(21-8-3-1-4-9-21)22-10-5-2-6-11-22;1-2-19-17(20)16(23-18(19)21)10-11-7-8-15-13(9-11)12-5-3-4-6-14(12)22-15;1-8(15)12-13(16)11(18-14(12)19)7-9-3-5-10(17-2)6-4-9/h1-6,8-11,13-16,18,24H,7,12,17,19H2;3-10H,2H2,1H3;3-7,12H,1-2H3/b25-18+;16-10+;11-7+. The third-order valence-corrected chi connectivity index (χ3v) is 12.7. The number of carbonyl (C=O) groups excluding carboxylic acids is 6. The van der Waals surface area contributed by atoms with E-state index in [1.165, 1.54) is 6.92 Å². The Morgan fingerprint density at radius 3 is 1.75 bits per heavy atom. The molecule has 16 heteroatoms. The number of benzene rings is 6. The summed E-state index contributed by atoms with van der Waals surface area (Å²) in [6.45, 7) is 4.25. The first-order chi connectivity index (χ1) is 36.4. The fourth-order valence-corrected chi connectivity index (χ4v) is 9.01. The second-order valence-corrected chi connectivity index (χ2v) is 17.8. The zero-order chi connectivity index (χ0) is 52.6. The molecule has 0 radical (unpaired) electrons. The average molecular weight is 1020 g/mol. The Kier molecular flexibility index (Phi) is 15.5. The number of hydrogen-bond acceptors (Lipinski definition) is 14. The second-order valence-electron chi connectivity index (χ2n) is 17.4. The number of para-hydroxylation sites is 3. The number of fused-ring (bicyclic) bond motifs is 3. The Balaban J connectivity index is 0.000000144. The minimum atomic E-state index is -0.945. The number of furan rings is 1. The molecule has 0 N–H and O–H groups in total. The van der Waals surface area contributed by atoms with Crippen molar-refractivity contribution in [2.75, 3.05) is 31.7 Å². The Morgan fingerprint density at radius 1 is 0.640 bits per heavy atom. The molecule has 4 aliphatic heterocycles. The van der Waals surface area contributed by atoms with Crippen LogP contribution in [-0.4, -0.2) is 83.3 Å². The largest absolute Gasteiger partial charge is 0.497 e. The number of cyclic esters (lactones) is 2. The smallest absolute Gasteiger partial charge is 0.422 e. The SMILES string of the molecule is CCN1C(=O)O/C(=C/c2ccc3oc4ccccc4c3c2)C1=O.COc1ccc(/C=C2/OC(=S)C(C(C)=O)C2=O)cc1.O=C1O/C(=C/c2ccc(N(c3ccccc3)c3ccccc3)cc2)C(=O)N1CC1CCCO1. The van der Waals surface area contributed by atoms with Gasteiger partial charge in [-0.05, 0) is 141 Å². The zero-order valence-corrected chi connectivity index (χ0v) is 41.8. The third kappa shape index (κ3) is 11.5. The predicted octanol–water partition coefficient (Wildman–Crippen LogP) is 11.7. The lowest BCUT2D eigenvalue weighted by Crippen LogP contribution is -2.35. The van der Waals surface area contributed by atoms with Crippen molar-refractivity contribution in [1.29, 1.82) is 0 Å². The maximum Gasteiger partial charge on any atom is 0.422 e. The first kappa shape index (κ1) is 50.9. The number of imide groups is 2. The van der Waals surface area contributed by atoms with E-state index >= 15 is 0 Å². The first-order valence-electron chi connectivity index (χ1n) is 24.0. The number of carbonyl (C=O) groups is 6. The maximum absolute atomic E-state index is 12.7. The summed E-state index contributed by atoms with van der Waals surface area (Å²) >= 11 is 4.90. The predicted molar refractivity (Wildman–Crippen MR) is 286 cm³/mol. The Bertz CT molecular complexity index is 3380. The summed E-state index contributed by atoms with van der Waals surface area (Å²) in [5.74, 6) is -1.54. The van der Waals surface area contributed by atoms with Crippen LogP contribution < -0.4 is 9.64 Å². The lowest BCUT2D eigenvalue weighted by molar-refractivity contribution is -0.126. The van der Waals surface area contributed by atoms with E-state index in [1.807, 2.05) is 103 Å². The number of Topliss-reactive ketones (excluding diaryl/α,β-unsaturated/α-hetero) is 2. The number of ether oxygens (including phenoxy) is 5. The van der Waals surface area contributed by atoms with E-state index in [4.69, 9.17) is 40.3 Å². The summed E-state index contributed by atoms with van der Waals surface area (Å²) in [4.78, 5) is 76.2. The number of anilines is 3. The van der Waals surface area contributed by atoms with Gasteiger partial charge in [0.25, 0.3) is 11.8 Å². The Morgan fingerprint density at radius 2 is 1.17 bits per heavy atom. The molecule has 1 aromatic heterocycles. The minimum absolute atomic E-state index is 0.0252. The van der Waals surface area contributed by atoms with Gasteiger partial charge < -0.3 is 33.0 Å². The Hall–Kier alpha value is -8.99. The van der Waals surface area contributed by atoms with Crippen molar-refractivity contribution < 1.29 is 56.9 Å². The van der Waals surface area contributed by atoms with Gasteiger partial charge in [-0.15, -0.1) is 0 Å². The topological polar surface area (TPSA) is 171 Å². The lowest BCUT2D eigenvalue weighted by atomic mass is 10.0. The van der Waals surface area contributed by atoms with Crippen molar-refractivity contribution >= 4 is 110 Å². The van der Waals surface area contributed by atoms with Crippen LogP contribution in [0.15, 0.2) is 173 Å². The van der Waals surface area contributed by atoms with E-state index in [9.17, 15) is 28.8 Å². The van der Waals surface area contributed by atoms with Crippen LogP contribution in [-0.2, 0) is 38.1 Å². The van der Waals surface area contributed by atoms with Crippen LogP contribution in [0.2, 0.25) is 0 Å². The molecule has 0 saturated carbocycles. The summed E-state index contributed by atoms with van der Waals surface area (Å²) < 4.78 is 31.8. The van der Waals surface area contributed by atoms with Gasteiger partial charge in [0, 0.05) is 41.0 Å². The molecule has 5 heterocycles. The van der Waals surface area contributed by atoms with Crippen molar-refractivity contribution in [1.82, 2.24) is 9.80 Å². The highest BCUT2D eigenvalue weighted by molar-refractivity contribution is 7.80. The number of thiocarbonyl (C=S) groups is 1. The van der Waals surface area contributed by atoms with Gasteiger partial charge in [-0.1, -0.05) is 84.9 Å². The van der Waals surface area contributed by atoms with Gasteiger partial charge in [0.2, 0.25) is 5.78 Å². The third-order valence-electron chi connectivity index (χ3n) is 12.4. The number of rotatable bonds is 11. The molecule has 11 rings (SSSR count). The molecule has 0 spiro atoms. The van der Waals surface area contributed by atoms with Gasteiger partial charge in [-0.25, -0.2) is 19.4 Å². The molecule has 0 bridgehead atoms. The van der Waals surface area contributed by atoms with Gasteiger partial charge in [0.15, 0.2) is 28.2 Å². The quantitative estimate of drug-likeness (QED) is 0.0680. The molecule has 4 amide bonds. The van der Waals surface area contributed by atoms with Crippen LogP contribution in [0.3, 0.4) is 0 Å². The summed E-state index contributed by atoms with van der Waals surface area (Å²) in [5, 5.41) is 1.99. The Labute approximate surface area is 436 Å². The molecule has 378 valence electrons. The molecular weight excluding hydrogens is 975 g/mol. The highest BCUT2D eigenvalue weighted by atomic mass is 32.1. The summed E-state index contributed by atoms with van der Waals surface area (Å²) in [6.07, 6.45) is 5.16.